The predicted molar refractivity (Wildman–Crippen MR) is 333 cm³/mol. The van der Waals surface area contributed by atoms with E-state index in [1.807, 2.05) is 72.8 Å². The third-order valence-corrected chi connectivity index (χ3v) is 17.0. The molecular formula is C61H78N10O12SSi2. The molecule has 2 aromatic carbocycles. The van der Waals surface area contributed by atoms with Crippen LogP contribution in [0.4, 0.5) is 0 Å². The van der Waals surface area contributed by atoms with Crippen LogP contribution in [0.5, 0.6) is 23.7 Å². The van der Waals surface area contributed by atoms with Gasteiger partial charge in [-0.2, -0.15) is 14.6 Å². The summed E-state index contributed by atoms with van der Waals surface area (Å²) in [5, 5.41) is 8.94. The summed E-state index contributed by atoms with van der Waals surface area (Å²) < 4.78 is 66.1. The molecule has 0 spiro atoms. The molecule has 0 amide bonds. The summed E-state index contributed by atoms with van der Waals surface area (Å²) in [5.74, 6) is 1.40. The smallest absolute Gasteiger partial charge is 0.324 e. The minimum absolute atomic E-state index is 0.0227. The van der Waals surface area contributed by atoms with Crippen molar-refractivity contribution in [1.29, 1.82) is 0 Å². The Kier molecular flexibility index (Phi) is 23.5. The molecule has 0 saturated heterocycles. The van der Waals surface area contributed by atoms with Crippen LogP contribution in [0, 0.1) is 10.8 Å². The van der Waals surface area contributed by atoms with Crippen LogP contribution in [0.3, 0.4) is 0 Å². The lowest BCUT2D eigenvalue weighted by atomic mass is 9.95. The van der Waals surface area contributed by atoms with E-state index in [1.54, 1.807) is 87.5 Å². The molecule has 0 bridgehead atoms. The van der Waals surface area contributed by atoms with Gasteiger partial charge in [-0.1, -0.05) is 99.9 Å². The molecule has 8 aromatic rings. The number of ether oxygens (including phenoxy) is 7. The highest BCUT2D eigenvalue weighted by molar-refractivity contribution is 7.90. The van der Waals surface area contributed by atoms with Crippen molar-refractivity contribution in [1.82, 2.24) is 49.5 Å². The van der Waals surface area contributed by atoms with Crippen LogP contribution in [0.1, 0.15) is 27.7 Å². The largest absolute Gasteiger partial charge is 0.476 e. The average Bonchev–Trinajstić information content (AvgIpc) is 2.71. The fourth-order valence-corrected chi connectivity index (χ4v) is 9.67. The number of aromatic amines is 1. The van der Waals surface area contributed by atoms with Crippen LogP contribution in [0.15, 0.2) is 144 Å². The molecule has 86 heavy (non-hydrogen) atoms. The fraction of sp³-hybridized carbons (Fsp3) is 0.377. The molecule has 0 fully saturated rings. The number of aromatic nitrogens is 10. The quantitative estimate of drug-likeness (QED) is 0.0316. The van der Waals surface area contributed by atoms with Crippen molar-refractivity contribution >= 4 is 37.9 Å². The third-order valence-electron chi connectivity index (χ3n) is 12.6. The van der Waals surface area contributed by atoms with Gasteiger partial charge in [0.2, 0.25) is 38.2 Å². The number of H-pyrrole nitrogens is 1. The van der Waals surface area contributed by atoms with Gasteiger partial charge in [-0.3, -0.25) is 14.4 Å². The third kappa shape index (κ3) is 21.1. The second-order valence-corrected chi connectivity index (χ2v) is 36.8. The zero-order valence-corrected chi connectivity index (χ0v) is 54.0. The van der Waals surface area contributed by atoms with Crippen LogP contribution in [0.25, 0.3) is 45.0 Å². The normalized spacial score (nSPS) is 11.8. The number of benzene rings is 2. The SMILES string of the molecule is COC(=O)C(C)(C)COc1ccc(-c2ccc(-c3nc(Oc4ccccn4)n(COCC[Si](C)(C)C)n3)cc2)cn1.COC(=O)C(C)(C)COc1ccc(-c2ccc(-c3nc(S(C)(=O)=O)n(COCC[Si](C)(C)C)n3)cc2)cn1.O=c1cccc[nH]1. The van der Waals surface area contributed by atoms with Gasteiger partial charge in [0.05, 0.1) is 25.0 Å². The molecule has 1 N–H and O–H groups in total. The summed E-state index contributed by atoms with van der Waals surface area (Å²) in [5.41, 5.74) is 3.56. The van der Waals surface area contributed by atoms with Crippen molar-refractivity contribution in [2.75, 3.05) is 46.9 Å². The first kappa shape index (κ1) is 66.9. The van der Waals surface area contributed by atoms with Gasteiger partial charge in [-0.25, -0.2) is 28.1 Å². The van der Waals surface area contributed by atoms with Gasteiger partial charge < -0.3 is 38.1 Å². The lowest BCUT2D eigenvalue weighted by Crippen LogP contribution is -2.32. The maximum absolute atomic E-state index is 12.3. The molecule has 25 heteroatoms. The van der Waals surface area contributed by atoms with Gasteiger partial charge in [-0.05, 0) is 75.2 Å². The summed E-state index contributed by atoms with van der Waals surface area (Å²) in [7, 11) is -3.35. The Morgan fingerprint density at radius 3 is 1.41 bits per heavy atom. The maximum atomic E-state index is 12.3. The molecule has 0 aliphatic carbocycles. The maximum Gasteiger partial charge on any atom is 0.324 e. The number of rotatable bonds is 25. The molecule has 0 saturated carbocycles. The minimum Gasteiger partial charge on any atom is -0.476 e. The number of hydrogen-bond acceptors (Lipinski definition) is 19. The highest BCUT2D eigenvalue weighted by atomic mass is 32.2. The number of hydrogen-bond donors (Lipinski definition) is 1. The number of pyridine rings is 4. The van der Waals surface area contributed by atoms with Crippen LogP contribution >= 0.6 is 0 Å². The van der Waals surface area contributed by atoms with E-state index in [0.29, 0.717) is 54.1 Å². The van der Waals surface area contributed by atoms with Gasteiger partial charge >= 0.3 is 17.9 Å². The number of esters is 2. The molecule has 6 heterocycles. The molecular weight excluding hydrogens is 1150 g/mol. The molecule has 8 rings (SSSR count). The topological polar surface area (TPSA) is 266 Å². The second-order valence-electron chi connectivity index (χ2n) is 23.7. The molecule has 0 unspecified atom stereocenters. The van der Waals surface area contributed by atoms with Crippen molar-refractivity contribution in [3.63, 3.8) is 0 Å². The first-order valence-electron chi connectivity index (χ1n) is 27.7. The number of carbonyl (C=O) groups is 2. The minimum atomic E-state index is -3.59. The summed E-state index contributed by atoms with van der Waals surface area (Å²) in [4.78, 5) is 58.3. The Balaban J connectivity index is 0.000000247. The number of sulfone groups is 1. The number of nitrogens with one attached hydrogen (secondary N) is 1. The summed E-state index contributed by atoms with van der Waals surface area (Å²) in [6.45, 7) is 22.5. The van der Waals surface area contributed by atoms with E-state index in [4.69, 9.17) is 33.2 Å². The van der Waals surface area contributed by atoms with E-state index < -0.39 is 36.8 Å². The van der Waals surface area contributed by atoms with Crippen molar-refractivity contribution in [3.8, 4) is 68.7 Å². The average molecular weight is 1230 g/mol. The molecule has 0 atom stereocenters. The Morgan fingerprint density at radius 1 is 0.558 bits per heavy atom. The number of methoxy groups -OCH3 is 2. The first-order chi connectivity index (χ1) is 40.6. The molecule has 22 nitrogen and oxygen atoms in total. The van der Waals surface area contributed by atoms with Gasteiger partial charge in [0, 0.05) is 107 Å². The van der Waals surface area contributed by atoms with E-state index in [-0.39, 0.29) is 49.3 Å². The van der Waals surface area contributed by atoms with Crippen molar-refractivity contribution in [2.45, 2.75) is 97.7 Å². The standard InChI is InChI=1S/C30H37N5O5Si.C26H36N4O6SSi.C5H5NO/c1-30(2,28(36)37-3)20-39-25-15-14-24(19-32-25)22-10-12-23(13-11-22)27-33-29(40-26-9-7-8-16-31-26)35(34-27)21-38-17-18-41(4,5)6;1-26(2,24(31)34-3)17-36-22-13-12-21(16-27-22)19-8-10-20(11-9-19)23-28-25(37(4,32)33)30(29-23)18-35-14-15-38(5,6)7;7-5-3-1-2-4-6-5/h7-16,19H,17-18,20-21H2,1-6H3;8-13,16H,14-15,17-18H2,1-7H3;1-4H,(H,6,7). The Hall–Kier alpha value is -8.24. The van der Waals surface area contributed by atoms with Gasteiger partial charge in [0.25, 0.3) is 0 Å². The summed E-state index contributed by atoms with van der Waals surface area (Å²) in [6, 6.07) is 35.3. The zero-order valence-electron chi connectivity index (χ0n) is 51.2. The Bertz CT molecular complexity index is 3590. The van der Waals surface area contributed by atoms with Crippen LogP contribution in [0.2, 0.25) is 51.4 Å². The van der Waals surface area contributed by atoms with E-state index in [9.17, 15) is 22.8 Å². The van der Waals surface area contributed by atoms with Crippen LogP contribution < -0.4 is 19.8 Å². The van der Waals surface area contributed by atoms with Crippen molar-refractivity contribution in [3.05, 3.63) is 144 Å². The first-order valence-corrected chi connectivity index (χ1v) is 37.0. The molecule has 0 aliphatic rings. The van der Waals surface area contributed by atoms with Crippen molar-refractivity contribution < 1.29 is 51.2 Å². The van der Waals surface area contributed by atoms with Crippen LogP contribution in [-0.4, -0.2) is 133 Å². The van der Waals surface area contributed by atoms with Crippen LogP contribution in [-0.2, 0) is 51.8 Å². The summed E-state index contributed by atoms with van der Waals surface area (Å²) >= 11 is 0. The number of carbonyl (C=O) groups excluding carboxylic acids is 2. The molecule has 0 radical (unpaired) electrons. The molecule has 0 aliphatic heterocycles. The van der Waals surface area contributed by atoms with Gasteiger partial charge in [-0.15, -0.1) is 10.2 Å². The van der Waals surface area contributed by atoms with E-state index in [1.165, 1.54) is 25.0 Å². The monoisotopic (exact) mass is 1230 g/mol. The Labute approximate surface area is 504 Å². The summed E-state index contributed by atoms with van der Waals surface area (Å²) in [6.07, 6.45) is 7.79. The predicted octanol–water partition coefficient (Wildman–Crippen LogP) is 10.8. The highest BCUT2D eigenvalue weighted by Crippen LogP contribution is 2.29. The lowest BCUT2D eigenvalue weighted by molar-refractivity contribution is -0.153. The lowest BCUT2D eigenvalue weighted by Gasteiger charge is -2.21. The van der Waals surface area contributed by atoms with Gasteiger partial charge in [0.15, 0.2) is 11.6 Å². The second kappa shape index (κ2) is 30.2. The zero-order chi connectivity index (χ0) is 62.7. The highest BCUT2D eigenvalue weighted by Gasteiger charge is 2.31. The van der Waals surface area contributed by atoms with E-state index in [2.05, 4.69) is 79.4 Å². The number of nitrogens with zero attached hydrogens (tertiary/aromatic N) is 9. The Morgan fingerprint density at radius 2 is 1.01 bits per heavy atom. The van der Waals surface area contributed by atoms with E-state index in [0.717, 1.165) is 46.2 Å². The molecule has 458 valence electrons. The van der Waals surface area contributed by atoms with Gasteiger partial charge in [0.1, 0.15) is 26.7 Å². The van der Waals surface area contributed by atoms with E-state index >= 15 is 0 Å². The molecule has 6 aromatic heterocycles. The fourth-order valence-electron chi connectivity index (χ4n) is 7.43. The van der Waals surface area contributed by atoms with Crippen molar-refractivity contribution in [2.24, 2.45) is 10.8 Å².